The summed E-state index contributed by atoms with van der Waals surface area (Å²) in [5, 5.41) is 3.40. The van der Waals surface area contributed by atoms with E-state index >= 15 is 0 Å². The molecular weight excluding hydrogens is 136 g/mol. The van der Waals surface area contributed by atoms with E-state index in [1.807, 2.05) is 0 Å². The van der Waals surface area contributed by atoms with Crippen LogP contribution in [0.3, 0.4) is 0 Å². The van der Waals surface area contributed by atoms with Gasteiger partial charge in [0.15, 0.2) is 0 Å². The van der Waals surface area contributed by atoms with Crippen LogP contribution in [0.15, 0.2) is 12.2 Å². The van der Waals surface area contributed by atoms with Crippen molar-refractivity contribution in [2.75, 3.05) is 32.7 Å². The van der Waals surface area contributed by atoms with Gasteiger partial charge in [-0.05, 0) is 25.4 Å². The smallest absolute Gasteiger partial charge is 0.0167 e. The molecule has 0 bridgehead atoms. The van der Waals surface area contributed by atoms with E-state index in [2.05, 4.69) is 22.4 Å². The van der Waals surface area contributed by atoms with Crippen LogP contribution in [0.25, 0.3) is 0 Å². The molecule has 0 aromatic heterocycles. The fourth-order valence-corrected chi connectivity index (χ4v) is 1.91. The average molecular weight is 152 g/mol. The summed E-state index contributed by atoms with van der Waals surface area (Å²) < 4.78 is 0. The summed E-state index contributed by atoms with van der Waals surface area (Å²) in [6.07, 6.45) is 5.90. The monoisotopic (exact) mass is 152 g/mol. The van der Waals surface area contributed by atoms with Gasteiger partial charge in [-0.2, -0.15) is 0 Å². The first-order valence-corrected chi connectivity index (χ1v) is 4.53. The third-order valence-electron chi connectivity index (χ3n) is 2.57. The Labute approximate surface area is 68.3 Å². The predicted octanol–water partition coefficient (Wildman–Crippen LogP) is 0.468. The second-order valence-electron chi connectivity index (χ2n) is 3.55. The Hall–Kier alpha value is -0.340. The van der Waals surface area contributed by atoms with Crippen LogP contribution in [0.4, 0.5) is 0 Å². The molecule has 0 saturated carbocycles. The molecule has 0 aromatic carbocycles. The normalized spacial score (nSPS) is 31.8. The average Bonchev–Trinajstić information content (AvgIpc) is 2.60. The van der Waals surface area contributed by atoms with Gasteiger partial charge >= 0.3 is 0 Å². The van der Waals surface area contributed by atoms with Crippen molar-refractivity contribution in [3.8, 4) is 0 Å². The second-order valence-corrected chi connectivity index (χ2v) is 3.55. The maximum Gasteiger partial charge on any atom is 0.0167 e. The van der Waals surface area contributed by atoms with Crippen LogP contribution in [0.1, 0.15) is 6.42 Å². The lowest BCUT2D eigenvalue weighted by Gasteiger charge is -2.18. The molecule has 11 heavy (non-hydrogen) atoms. The van der Waals surface area contributed by atoms with Gasteiger partial charge in [-0.15, -0.1) is 0 Å². The van der Waals surface area contributed by atoms with Crippen molar-refractivity contribution in [1.29, 1.82) is 0 Å². The molecule has 2 aliphatic heterocycles. The summed E-state index contributed by atoms with van der Waals surface area (Å²) in [4.78, 5) is 2.51. The molecule has 0 aliphatic carbocycles. The first kappa shape index (κ1) is 7.32. The van der Waals surface area contributed by atoms with Gasteiger partial charge in [-0.1, -0.05) is 12.2 Å². The van der Waals surface area contributed by atoms with Gasteiger partial charge in [0.1, 0.15) is 0 Å². The zero-order chi connectivity index (χ0) is 7.52. The molecule has 1 atom stereocenters. The fraction of sp³-hybridized carbons (Fsp3) is 0.778. The van der Waals surface area contributed by atoms with Gasteiger partial charge in [0.25, 0.3) is 0 Å². The topological polar surface area (TPSA) is 15.3 Å². The quantitative estimate of drug-likeness (QED) is 0.579. The minimum absolute atomic E-state index is 0.912. The van der Waals surface area contributed by atoms with Crippen molar-refractivity contribution in [3.05, 3.63) is 12.2 Å². The summed E-state index contributed by atoms with van der Waals surface area (Å²) in [5.74, 6) is 0.912. The van der Waals surface area contributed by atoms with Crippen LogP contribution >= 0.6 is 0 Å². The van der Waals surface area contributed by atoms with Crippen LogP contribution in [-0.4, -0.2) is 37.6 Å². The highest BCUT2D eigenvalue weighted by atomic mass is 15.1. The maximum absolute atomic E-state index is 3.40. The number of nitrogens with one attached hydrogen (secondary N) is 1. The number of hydrogen-bond acceptors (Lipinski definition) is 2. The van der Waals surface area contributed by atoms with Gasteiger partial charge in [0, 0.05) is 19.6 Å². The lowest BCUT2D eigenvalue weighted by atomic mass is 10.1. The first-order chi connectivity index (χ1) is 5.45. The molecule has 2 aliphatic rings. The van der Waals surface area contributed by atoms with Gasteiger partial charge in [-0.25, -0.2) is 0 Å². The van der Waals surface area contributed by atoms with E-state index in [4.69, 9.17) is 0 Å². The van der Waals surface area contributed by atoms with E-state index in [0.29, 0.717) is 0 Å². The zero-order valence-electron chi connectivity index (χ0n) is 6.92. The molecule has 0 radical (unpaired) electrons. The SMILES string of the molecule is C1=CCN(CC2CCNC2)C1. The highest BCUT2D eigenvalue weighted by molar-refractivity contribution is 4.96. The van der Waals surface area contributed by atoms with E-state index in [1.165, 1.54) is 39.1 Å². The van der Waals surface area contributed by atoms with Crippen molar-refractivity contribution < 1.29 is 0 Å². The third kappa shape index (κ3) is 1.82. The minimum Gasteiger partial charge on any atom is -0.316 e. The molecule has 0 spiro atoms. The highest BCUT2D eigenvalue weighted by Gasteiger charge is 2.17. The molecule has 2 heterocycles. The summed E-state index contributed by atoms with van der Waals surface area (Å²) >= 11 is 0. The molecule has 62 valence electrons. The molecule has 1 N–H and O–H groups in total. The van der Waals surface area contributed by atoms with Crippen LogP contribution < -0.4 is 5.32 Å². The van der Waals surface area contributed by atoms with Crippen LogP contribution in [0, 0.1) is 5.92 Å². The number of nitrogens with zero attached hydrogens (tertiary/aromatic N) is 1. The van der Waals surface area contributed by atoms with E-state index in [0.717, 1.165) is 5.92 Å². The zero-order valence-corrected chi connectivity index (χ0v) is 6.92. The lowest BCUT2D eigenvalue weighted by molar-refractivity contribution is 0.298. The largest absolute Gasteiger partial charge is 0.316 e. The summed E-state index contributed by atoms with van der Waals surface area (Å²) in [6, 6.07) is 0. The molecule has 0 amide bonds. The molecule has 2 nitrogen and oxygen atoms in total. The predicted molar refractivity (Wildman–Crippen MR) is 46.6 cm³/mol. The van der Waals surface area contributed by atoms with Gasteiger partial charge < -0.3 is 5.32 Å². The van der Waals surface area contributed by atoms with Crippen LogP contribution in [-0.2, 0) is 0 Å². The van der Waals surface area contributed by atoms with Gasteiger partial charge in [-0.3, -0.25) is 4.90 Å². The number of rotatable bonds is 2. The van der Waals surface area contributed by atoms with Crippen molar-refractivity contribution in [1.82, 2.24) is 10.2 Å². The molecule has 1 saturated heterocycles. The van der Waals surface area contributed by atoms with E-state index in [1.54, 1.807) is 0 Å². The van der Waals surface area contributed by atoms with Crippen LogP contribution in [0.2, 0.25) is 0 Å². The molecule has 1 unspecified atom stereocenters. The molecule has 1 fully saturated rings. The Kier molecular flexibility index (Phi) is 2.24. The summed E-state index contributed by atoms with van der Waals surface area (Å²) in [7, 11) is 0. The van der Waals surface area contributed by atoms with Gasteiger partial charge in [0.05, 0.1) is 0 Å². The van der Waals surface area contributed by atoms with Crippen molar-refractivity contribution in [2.24, 2.45) is 5.92 Å². The second kappa shape index (κ2) is 3.37. The Morgan fingerprint density at radius 1 is 1.36 bits per heavy atom. The van der Waals surface area contributed by atoms with E-state index in [-0.39, 0.29) is 0 Å². The maximum atomic E-state index is 3.40. The van der Waals surface area contributed by atoms with Crippen molar-refractivity contribution in [3.63, 3.8) is 0 Å². The molecule has 2 heteroatoms. The van der Waals surface area contributed by atoms with Crippen LogP contribution in [0.5, 0.6) is 0 Å². The third-order valence-corrected chi connectivity index (χ3v) is 2.57. The Morgan fingerprint density at radius 3 is 2.82 bits per heavy atom. The summed E-state index contributed by atoms with van der Waals surface area (Å²) in [5.41, 5.74) is 0. The van der Waals surface area contributed by atoms with Crippen molar-refractivity contribution >= 4 is 0 Å². The summed E-state index contributed by atoms with van der Waals surface area (Å²) in [6.45, 7) is 6.11. The van der Waals surface area contributed by atoms with Crippen molar-refractivity contribution in [2.45, 2.75) is 6.42 Å². The molecular formula is C9H16N2. The highest BCUT2D eigenvalue weighted by Crippen LogP contribution is 2.11. The fourth-order valence-electron chi connectivity index (χ4n) is 1.91. The lowest BCUT2D eigenvalue weighted by Crippen LogP contribution is -2.28. The molecule has 2 rings (SSSR count). The Balaban J connectivity index is 1.72. The van der Waals surface area contributed by atoms with Gasteiger partial charge in [0.2, 0.25) is 0 Å². The molecule has 0 aromatic rings. The Bertz CT molecular complexity index is 140. The van der Waals surface area contributed by atoms with E-state index < -0.39 is 0 Å². The van der Waals surface area contributed by atoms with E-state index in [9.17, 15) is 0 Å². The first-order valence-electron chi connectivity index (χ1n) is 4.53. The Morgan fingerprint density at radius 2 is 2.18 bits per heavy atom. The number of hydrogen-bond donors (Lipinski definition) is 1. The standard InChI is InChI=1S/C9H16N2/c1-2-6-11(5-1)8-9-3-4-10-7-9/h1-2,9-10H,3-8H2. The minimum atomic E-state index is 0.912.